The van der Waals surface area contributed by atoms with E-state index >= 15 is 0 Å². The molecule has 2 aromatic heterocycles. The molecule has 2 N–H and O–H groups in total. The van der Waals surface area contributed by atoms with Gasteiger partial charge in [0.1, 0.15) is 31.2 Å². The first-order valence-corrected chi connectivity index (χ1v) is 10.5. The van der Waals surface area contributed by atoms with Crippen LogP contribution >= 0.6 is 0 Å². The number of imidazole rings is 1. The highest BCUT2D eigenvalue weighted by Gasteiger charge is 2.45. The Kier molecular flexibility index (Phi) is 6.82. The first kappa shape index (κ1) is 23.4. The topological polar surface area (TPSA) is 123 Å². The van der Waals surface area contributed by atoms with Gasteiger partial charge in [-0.25, -0.2) is 15.0 Å². The van der Waals surface area contributed by atoms with Gasteiger partial charge in [-0.3, -0.25) is 9.36 Å². The smallest absolute Gasteiger partial charge is 0.306 e. The van der Waals surface area contributed by atoms with Crippen molar-refractivity contribution in [1.29, 1.82) is 0 Å². The summed E-state index contributed by atoms with van der Waals surface area (Å²) in [6, 6.07) is 0. The maximum absolute atomic E-state index is 12.2. The van der Waals surface area contributed by atoms with E-state index in [0.717, 1.165) is 6.42 Å². The summed E-state index contributed by atoms with van der Waals surface area (Å²) >= 11 is 0. The third kappa shape index (κ3) is 5.31. The normalized spacial score (nSPS) is 25.0. The van der Waals surface area contributed by atoms with E-state index in [9.17, 15) is 15.0 Å². The molecule has 10 nitrogen and oxygen atoms in total. The molecular formula is C21H33N5O5. The minimum atomic E-state index is -1.22. The number of hydrogen-bond acceptors (Lipinski definition) is 9. The molecule has 1 fully saturated rings. The summed E-state index contributed by atoms with van der Waals surface area (Å²) in [5, 5.41) is 21.0. The number of aromatic nitrogens is 4. The molecule has 3 heterocycles. The average Bonchev–Trinajstić information content (AvgIpc) is 3.20. The van der Waals surface area contributed by atoms with Crippen molar-refractivity contribution in [3.63, 3.8) is 0 Å². The predicted octanol–water partition coefficient (Wildman–Crippen LogP) is 1.52. The fraction of sp³-hybridized carbons (Fsp3) is 0.714. The van der Waals surface area contributed by atoms with Crippen LogP contribution in [-0.4, -0.2) is 74.7 Å². The minimum absolute atomic E-state index is 0.130. The Balaban J connectivity index is 1.65. The van der Waals surface area contributed by atoms with Gasteiger partial charge in [-0.2, -0.15) is 0 Å². The van der Waals surface area contributed by atoms with E-state index in [2.05, 4.69) is 35.7 Å². The lowest BCUT2D eigenvalue weighted by atomic mass is 9.84. The van der Waals surface area contributed by atoms with Gasteiger partial charge in [0.2, 0.25) is 0 Å². The van der Waals surface area contributed by atoms with Gasteiger partial charge >= 0.3 is 5.97 Å². The van der Waals surface area contributed by atoms with Crippen molar-refractivity contribution in [3.8, 4) is 0 Å². The van der Waals surface area contributed by atoms with E-state index in [1.807, 2.05) is 25.9 Å². The van der Waals surface area contributed by atoms with E-state index in [1.54, 1.807) is 4.57 Å². The van der Waals surface area contributed by atoms with Crippen molar-refractivity contribution in [1.82, 2.24) is 19.5 Å². The van der Waals surface area contributed by atoms with Crippen LogP contribution in [0.15, 0.2) is 12.7 Å². The summed E-state index contributed by atoms with van der Waals surface area (Å²) in [6.07, 6.45) is -0.0986. The summed E-state index contributed by atoms with van der Waals surface area (Å²) in [7, 11) is 3.69. The number of aliphatic hydroxyl groups excluding tert-OH is 2. The maximum atomic E-state index is 12.2. The molecule has 0 radical (unpaired) electrons. The third-order valence-corrected chi connectivity index (χ3v) is 5.26. The summed E-state index contributed by atoms with van der Waals surface area (Å²) < 4.78 is 12.7. The molecule has 0 aromatic carbocycles. The van der Waals surface area contributed by atoms with Crippen molar-refractivity contribution >= 4 is 23.0 Å². The summed E-state index contributed by atoms with van der Waals surface area (Å²) in [4.78, 5) is 26.8. The Morgan fingerprint density at radius 3 is 2.61 bits per heavy atom. The van der Waals surface area contributed by atoms with Crippen molar-refractivity contribution in [2.24, 2.45) is 11.3 Å². The maximum Gasteiger partial charge on any atom is 0.306 e. The van der Waals surface area contributed by atoms with E-state index in [1.165, 1.54) is 12.7 Å². The first-order valence-electron chi connectivity index (χ1n) is 10.5. The predicted molar refractivity (Wildman–Crippen MR) is 114 cm³/mol. The van der Waals surface area contributed by atoms with Crippen LogP contribution in [0.2, 0.25) is 0 Å². The standard InChI is InChI=1S/C21H33N5O5/c1-12(8-21(2,3)4)7-14(27)30-9-13-16(28)17(29)20(31-13)26-11-24-15-18(25(5)6)22-10-23-19(15)26/h10-13,16-17,20,28-29H,7-9H2,1-6H3/t12?,13-,16-,17-,20-/m1/s1. The summed E-state index contributed by atoms with van der Waals surface area (Å²) in [6.45, 7) is 8.27. The lowest BCUT2D eigenvalue weighted by Gasteiger charge is -2.23. The monoisotopic (exact) mass is 435 g/mol. The Morgan fingerprint density at radius 2 is 1.97 bits per heavy atom. The highest BCUT2D eigenvalue weighted by Crippen LogP contribution is 2.33. The molecule has 3 rings (SSSR count). The highest BCUT2D eigenvalue weighted by molar-refractivity contribution is 5.83. The second-order valence-corrected chi connectivity index (χ2v) is 9.72. The van der Waals surface area contributed by atoms with Crippen LogP contribution < -0.4 is 4.90 Å². The summed E-state index contributed by atoms with van der Waals surface area (Å²) in [5.41, 5.74) is 1.16. The van der Waals surface area contributed by atoms with Gasteiger partial charge in [-0.1, -0.05) is 27.7 Å². The molecule has 1 aliphatic heterocycles. The molecule has 0 aliphatic carbocycles. The molecule has 0 bridgehead atoms. The fourth-order valence-electron chi connectivity index (χ4n) is 4.09. The number of aliphatic hydroxyl groups is 2. The SMILES string of the molecule is CC(CC(=O)OC[C@H]1O[C@@H](n2cnc3c(N(C)C)ncnc32)[C@H](O)[C@@H]1O)CC(C)(C)C. The Hall–Kier alpha value is -2.30. The van der Waals surface area contributed by atoms with Gasteiger partial charge in [-0.15, -0.1) is 0 Å². The van der Waals surface area contributed by atoms with Crippen molar-refractivity contribution < 1.29 is 24.5 Å². The molecule has 10 heteroatoms. The summed E-state index contributed by atoms with van der Waals surface area (Å²) in [5.74, 6) is 0.469. The molecule has 31 heavy (non-hydrogen) atoms. The second kappa shape index (κ2) is 9.05. The lowest BCUT2D eigenvalue weighted by Crippen LogP contribution is -2.34. The van der Waals surface area contributed by atoms with Crippen molar-refractivity contribution in [2.45, 2.75) is 65.1 Å². The van der Waals surface area contributed by atoms with Crippen LogP contribution in [0.1, 0.15) is 46.8 Å². The van der Waals surface area contributed by atoms with Crippen LogP contribution in [0, 0.1) is 11.3 Å². The fourth-order valence-corrected chi connectivity index (χ4v) is 4.09. The van der Waals surface area contributed by atoms with Crippen molar-refractivity contribution in [2.75, 3.05) is 25.6 Å². The minimum Gasteiger partial charge on any atom is -0.463 e. The molecule has 1 unspecified atom stereocenters. The lowest BCUT2D eigenvalue weighted by molar-refractivity contribution is -0.151. The van der Waals surface area contributed by atoms with E-state index in [-0.39, 0.29) is 23.9 Å². The van der Waals surface area contributed by atoms with E-state index in [4.69, 9.17) is 9.47 Å². The first-order chi connectivity index (χ1) is 14.5. The number of carbonyl (C=O) groups is 1. The Morgan fingerprint density at radius 1 is 1.26 bits per heavy atom. The zero-order valence-corrected chi connectivity index (χ0v) is 19.0. The Labute approximate surface area is 182 Å². The number of hydrogen-bond donors (Lipinski definition) is 2. The van der Waals surface area contributed by atoms with Crippen molar-refractivity contribution in [3.05, 3.63) is 12.7 Å². The molecule has 0 spiro atoms. The van der Waals surface area contributed by atoms with E-state index < -0.39 is 24.5 Å². The quantitative estimate of drug-likeness (QED) is 0.623. The van der Waals surface area contributed by atoms with Crippen LogP contribution in [0.25, 0.3) is 11.2 Å². The molecule has 1 saturated heterocycles. The second-order valence-electron chi connectivity index (χ2n) is 9.72. The number of anilines is 1. The van der Waals surface area contributed by atoms with Gasteiger partial charge < -0.3 is 24.6 Å². The van der Waals surface area contributed by atoms with Gasteiger partial charge in [0.25, 0.3) is 0 Å². The van der Waals surface area contributed by atoms with E-state index in [0.29, 0.717) is 23.4 Å². The number of carbonyl (C=O) groups excluding carboxylic acids is 1. The number of fused-ring (bicyclic) bond motifs is 1. The Bertz CT molecular complexity index is 909. The van der Waals surface area contributed by atoms with Gasteiger partial charge in [-0.05, 0) is 17.8 Å². The zero-order valence-electron chi connectivity index (χ0n) is 19.0. The molecule has 172 valence electrons. The van der Waals surface area contributed by atoms with Crippen LogP contribution in [0.4, 0.5) is 5.82 Å². The largest absolute Gasteiger partial charge is 0.463 e. The third-order valence-electron chi connectivity index (χ3n) is 5.26. The molecule has 2 aromatic rings. The number of ether oxygens (including phenoxy) is 2. The average molecular weight is 436 g/mol. The zero-order chi connectivity index (χ0) is 22.9. The van der Waals surface area contributed by atoms with Gasteiger partial charge in [0.05, 0.1) is 6.33 Å². The molecular weight excluding hydrogens is 402 g/mol. The van der Waals surface area contributed by atoms with Gasteiger partial charge in [0.15, 0.2) is 23.2 Å². The molecule has 0 amide bonds. The number of rotatable bonds is 7. The van der Waals surface area contributed by atoms with Gasteiger partial charge in [0, 0.05) is 20.5 Å². The van der Waals surface area contributed by atoms with Crippen LogP contribution in [0.3, 0.4) is 0 Å². The molecule has 0 saturated carbocycles. The van der Waals surface area contributed by atoms with Crippen LogP contribution in [-0.2, 0) is 14.3 Å². The number of esters is 1. The molecule has 5 atom stereocenters. The molecule has 1 aliphatic rings. The number of nitrogens with zero attached hydrogens (tertiary/aromatic N) is 5. The highest BCUT2D eigenvalue weighted by atomic mass is 16.6. The van der Waals surface area contributed by atoms with Crippen LogP contribution in [0.5, 0.6) is 0 Å².